The molecule has 0 spiro atoms. The van der Waals surface area contributed by atoms with Gasteiger partial charge in [0.1, 0.15) is 0 Å². The fourth-order valence-corrected chi connectivity index (χ4v) is 1.33. The number of para-hydroxylation sites is 1. The first kappa shape index (κ1) is 13.1. The van der Waals surface area contributed by atoms with Gasteiger partial charge in [-0.05, 0) is 16.4 Å². The van der Waals surface area contributed by atoms with E-state index in [0.717, 1.165) is 6.21 Å². The average molecular weight is 276 g/mol. The summed E-state index contributed by atoms with van der Waals surface area (Å²) in [7, 11) is 0. The number of aromatic nitrogens is 2. The molecule has 1 amide bonds. The molecule has 10 nitrogen and oxygen atoms in total. The number of nitro groups is 1. The second-order valence-electron chi connectivity index (χ2n) is 3.51. The predicted molar refractivity (Wildman–Crippen MR) is 66.9 cm³/mol. The number of carbonyl (C=O) groups excluding carboxylic acids is 1. The maximum atomic E-state index is 11.5. The number of hydrazone groups is 1. The molecule has 102 valence electrons. The van der Waals surface area contributed by atoms with Crippen LogP contribution in [0.25, 0.3) is 0 Å². The number of nitrogens with one attached hydrogen (secondary N) is 1. The number of carbonyl (C=O) groups is 1. The zero-order valence-corrected chi connectivity index (χ0v) is 9.89. The molecule has 0 saturated heterocycles. The van der Waals surface area contributed by atoms with Gasteiger partial charge in [0, 0.05) is 6.07 Å². The van der Waals surface area contributed by atoms with E-state index in [-0.39, 0.29) is 22.8 Å². The number of anilines is 1. The minimum absolute atomic E-state index is 0.131. The Morgan fingerprint density at radius 2 is 2.20 bits per heavy atom. The molecule has 10 heteroatoms. The Hall–Kier alpha value is -3.30. The Kier molecular flexibility index (Phi) is 3.65. The summed E-state index contributed by atoms with van der Waals surface area (Å²) in [5.74, 6) is -0.915. The molecule has 0 unspecified atom stereocenters. The van der Waals surface area contributed by atoms with Crippen molar-refractivity contribution in [2.45, 2.75) is 0 Å². The van der Waals surface area contributed by atoms with E-state index in [2.05, 4.69) is 25.5 Å². The Morgan fingerprint density at radius 3 is 2.85 bits per heavy atom. The number of nitrogen functional groups attached to an aromatic ring is 1. The van der Waals surface area contributed by atoms with E-state index >= 15 is 0 Å². The van der Waals surface area contributed by atoms with Gasteiger partial charge in [0.05, 0.1) is 16.7 Å². The lowest BCUT2D eigenvalue weighted by atomic mass is 10.2. The van der Waals surface area contributed by atoms with Crippen molar-refractivity contribution in [1.29, 1.82) is 0 Å². The molecule has 0 fully saturated rings. The van der Waals surface area contributed by atoms with Crippen LogP contribution in [0.3, 0.4) is 0 Å². The molecule has 0 saturated carbocycles. The highest BCUT2D eigenvalue weighted by Gasteiger charge is 2.15. The molecular formula is C10H8N6O4. The van der Waals surface area contributed by atoms with E-state index in [9.17, 15) is 14.9 Å². The fraction of sp³-hybridized carbons (Fsp3) is 0. The Bertz CT molecular complexity index is 680. The van der Waals surface area contributed by atoms with Crippen molar-refractivity contribution in [3.05, 3.63) is 45.6 Å². The summed E-state index contributed by atoms with van der Waals surface area (Å²) >= 11 is 0. The van der Waals surface area contributed by atoms with Gasteiger partial charge in [-0.1, -0.05) is 12.1 Å². The van der Waals surface area contributed by atoms with Gasteiger partial charge in [0.25, 0.3) is 11.6 Å². The quantitative estimate of drug-likeness (QED) is 0.463. The SMILES string of the molecule is Nc1nonc1C(=O)NN=Cc1ccccc1[N+](=O)[O-]. The van der Waals surface area contributed by atoms with Crippen LogP contribution in [0.1, 0.15) is 16.1 Å². The van der Waals surface area contributed by atoms with Gasteiger partial charge in [0.15, 0.2) is 0 Å². The van der Waals surface area contributed by atoms with Crippen LogP contribution in [-0.4, -0.2) is 27.4 Å². The third-order valence-electron chi connectivity index (χ3n) is 2.23. The van der Waals surface area contributed by atoms with E-state index in [0.29, 0.717) is 0 Å². The minimum atomic E-state index is -0.737. The van der Waals surface area contributed by atoms with Gasteiger partial charge in [-0.2, -0.15) is 5.10 Å². The van der Waals surface area contributed by atoms with Crippen molar-refractivity contribution in [1.82, 2.24) is 15.7 Å². The maximum absolute atomic E-state index is 11.5. The van der Waals surface area contributed by atoms with Crippen molar-refractivity contribution < 1.29 is 14.3 Å². The first-order chi connectivity index (χ1) is 9.59. The number of nitro benzene ring substituents is 1. The van der Waals surface area contributed by atoms with Crippen LogP contribution < -0.4 is 11.2 Å². The molecular weight excluding hydrogens is 268 g/mol. The second-order valence-corrected chi connectivity index (χ2v) is 3.51. The van der Waals surface area contributed by atoms with Crippen LogP contribution in [0.4, 0.5) is 11.5 Å². The monoisotopic (exact) mass is 276 g/mol. The molecule has 0 bridgehead atoms. The van der Waals surface area contributed by atoms with Gasteiger partial charge < -0.3 is 5.73 Å². The lowest BCUT2D eigenvalue weighted by molar-refractivity contribution is -0.385. The Labute approximate surface area is 111 Å². The number of hydrogen-bond donors (Lipinski definition) is 2. The lowest BCUT2D eigenvalue weighted by Gasteiger charge is -1.97. The molecule has 2 aromatic rings. The van der Waals surface area contributed by atoms with Crippen LogP contribution in [0.5, 0.6) is 0 Å². The van der Waals surface area contributed by atoms with E-state index in [1.165, 1.54) is 18.2 Å². The predicted octanol–water partition coefficient (Wildman–Crippen LogP) is 0.324. The molecule has 0 aliphatic heterocycles. The van der Waals surface area contributed by atoms with E-state index in [1.54, 1.807) is 6.07 Å². The highest BCUT2D eigenvalue weighted by molar-refractivity contribution is 5.96. The summed E-state index contributed by atoms with van der Waals surface area (Å²) in [6.07, 6.45) is 1.14. The molecule has 0 aliphatic carbocycles. The van der Waals surface area contributed by atoms with Crippen LogP contribution in [0.2, 0.25) is 0 Å². The van der Waals surface area contributed by atoms with Crippen molar-refractivity contribution in [3.8, 4) is 0 Å². The molecule has 1 aromatic carbocycles. The number of amides is 1. The van der Waals surface area contributed by atoms with Crippen LogP contribution >= 0.6 is 0 Å². The summed E-state index contributed by atoms with van der Waals surface area (Å²) < 4.78 is 4.25. The number of benzene rings is 1. The minimum Gasteiger partial charge on any atom is -0.379 e. The van der Waals surface area contributed by atoms with Gasteiger partial charge in [0.2, 0.25) is 11.5 Å². The summed E-state index contributed by atoms with van der Waals surface area (Å²) in [6, 6.07) is 5.94. The number of nitrogens with two attached hydrogens (primary N) is 1. The largest absolute Gasteiger partial charge is 0.379 e. The first-order valence-corrected chi connectivity index (χ1v) is 5.24. The van der Waals surface area contributed by atoms with Crippen LogP contribution in [0, 0.1) is 10.1 Å². The third kappa shape index (κ3) is 2.75. The summed E-state index contributed by atoms with van der Waals surface area (Å²) in [5.41, 5.74) is 7.32. The molecule has 0 radical (unpaired) electrons. The molecule has 0 atom stereocenters. The van der Waals surface area contributed by atoms with E-state index in [4.69, 9.17) is 5.73 Å². The molecule has 20 heavy (non-hydrogen) atoms. The molecule has 2 rings (SSSR count). The molecule has 1 aromatic heterocycles. The zero-order chi connectivity index (χ0) is 14.5. The van der Waals surface area contributed by atoms with Crippen molar-refractivity contribution in [2.24, 2.45) is 5.10 Å². The third-order valence-corrected chi connectivity index (χ3v) is 2.23. The summed E-state index contributed by atoms with van der Waals surface area (Å²) in [6.45, 7) is 0. The average Bonchev–Trinajstić information content (AvgIpc) is 2.85. The maximum Gasteiger partial charge on any atom is 0.297 e. The van der Waals surface area contributed by atoms with Gasteiger partial charge >= 0.3 is 0 Å². The first-order valence-electron chi connectivity index (χ1n) is 5.24. The topological polar surface area (TPSA) is 150 Å². The fourth-order valence-electron chi connectivity index (χ4n) is 1.33. The molecule has 3 N–H and O–H groups in total. The highest BCUT2D eigenvalue weighted by atomic mass is 16.6. The number of rotatable bonds is 4. The number of nitrogens with zero attached hydrogens (tertiary/aromatic N) is 4. The number of hydrogen-bond acceptors (Lipinski definition) is 8. The van der Waals surface area contributed by atoms with Crippen molar-refractivity contribution >= 4 is 23.6 Å². The Balaban J connectivity index is 2.10. The van der Waals surface area contributed by atoms with Crippen LogP contribution in [0.15, 0.2) is 34.0 Å². The van der Waals surface area contributed by atoms with Crippen LogP contribution in [-0.2, 0) is 0 Å². The van der Waals surface area contributed by atoms with Crippen molar-refractivity contribution in [3.63, 3.8) is 0 Å². The van der Waals surface area contributed by atoms with Gasteiger partial charge in [-0.25, -0.2) is 10.1 Å². The van der Waals surface area contributed by atoms with Gasteiger partial charge in [-0.15, -0.1) is 0 Å². The van der Waals surface area contributed by atoms with E-state index in [1.807, 2.05) is 0 Å². The summed E-state index contributed by atoms with van der Waals surface area (Å²) in [4.78, 5) is 21.7. The smallest absolute Gasteiger partial charge is 0.297 e. The van der Waals surface area contributed by atoms with E-state index < -0.39 is 10.8 Å². The standard InChI is InChI=1S/C10H8N6O4/c11-9-8(14-20-15-9)10(17)13-12-5-6-3-1-2-4-7(6)16(18)19/h1-5H,(H2,11,15)(H,13,17). The van der Waals surface area contributed by atoms with Crippen molar-refractivity contribution in [2.75, 3.05) is 5.73 Å². The second kappa shape index (κ2) is 5.56. The van der Waals surface area contributed by atoms with Gasteiger partial charge in [-0.3, -0.25) is 14.9 Å². The molecule has 0 aliphatic rings. The molecule has 1 heterocycles. The highest BCUT2D eigenvalue weighted by Crippen LogP contribution is 2.15. The zero-order valence-electron chi connectivity index (χ0n) is 9.89. The summed E-state index contributed by atoms with van der Waals surface area (Å²) in [5, 5.41) is 20.9. The lowest BCUT2D eigenvalue weighted by Crippen LogP contribution is -2.19. The normalized spacial score (nSPS) is 10.6. The Morgan fingerprint density at radius 1 is 1.45 bits per heavy atom.